The Kier molecular flexibility index (Phi) is 22.4. The van der Waals surface area contributed by atoms with Crippen molar-refractivity contribution >= 4 is 79.5 Å². The fourth-order valence-corrected chi connectivity index (χ4v) is 8.68. The van der Waals surface area contributed by atoms with Crippen LogP contribution in [-0.2, 0) is 45.9 Å². The quantitative estimate of drug-likeness (QED) is 0.0445. The number of benzene rings is 4. The van der Waals surface area contributed by atoms with Gasteiger partial charge in [-0.05, 0) is 96.5 Å². The SMILES string of the molecule is CCCCCCc1cc(CCCCCC)c2c(S(=O)(=O)[O-])cccc2c1.CCCCCCc1cc(CCCCCC)c2c(S(=O)(=O)[O-])cccc2c1.[Ca+2]. The van der Waals surface area contributed by atoms with E-state index in [1.165, 1.54) is 87.5 Å². The number of hydrogen-bond acceptors (Lipinski definition) is 6. The van der Waals surface area contributed by atoms with Crippen LogP contribution in [-0.4, -0.2) is 63.7 Å². The summed E-state index contributed by atoms with van der Waals surface area (Å²) in [6.07, 6.45) is 22.3. The van der Waals surface area contributed by atoms with Crippen LogP contribution in [0.2, 0.25) is 0 Å². The molecule has 288 valence electrons. The molecular formula is C44H62CaO6S2. The summed E-state index contributed by atoms with van der Waals surface area (Å²) in [4.78, 5) is -0.143. The Bertz CT molecular complexity index is 1770. The van der Waals surface area contributed by atoms with E-state index in [-0.39, 0.29) is 47.5 Å². The number of rotatable bonds is 22. The summed E-state index contributed by atoms with van der Waals surface area (Å²) in [5.74, 6) is 0. The second kappa shape index (κ2) is 24.9. The van der Waals surface area contributed by atoms with Gasteiger partial charge >= 0.3 is 37.7 Å². The zero-order valence-electron chi connectivity index (χ0n) is 32.9. The van der Waals surface area contributed by atoms with E-state index in [0.717, 1.165) is 86.1 Å². The fourth-order valence-electron chi connectivity index (χ4n) is 7.19. The molecule has 9 heteroatoms. The third kappa shape index (κ3) is 15.9. The van der Waals surface area contributed by atoms with Gasteiger partial charge in [0.2, 0.25) is 0 Å². The molecule has 4 aromatic rings. The van der Waals surface area contributed by atoms with E-state index in [1.807, 2.05) is 12.1 Å². The molecule has 0 saturated heterocycles. The second-order valence-electron chi connectivity index (χ2n) is 14.4. The molecule has 0 heterocycles. The van der Waals surface area contributed by atoms with Crippen molar-refractivity contribution in [1.82, 2.24) is 0 Å². The van der Waals surface area contributed by atoms with Gasteiger partial charge in [-0.15, -0.1) is 0 Å². The monoisotopic (exact) mass is 790 g/mol. The van der Waals surface area contributed by atoms with Gasteiger partial charge in [0.25, 0.3) is 0 Å². The molecule has 53 heavy (non-hydrogen) atoms. The van der Waals surface area contributed by atoms with Crippen LogP contribution in [0.5, 0.6) is 0 Å². The normalized spacial score (nSPS) is 11.7. The first-order valence-electron chi connectivity index (χ1n) is 19.9. The summed E-state index contributed by atoms with van der Waals surface area (Å²) >= 11 is 0. The second-order valence-corrected chi connectivity index (χ2v) is 17.1. The molecule has 6 nitrogen and oxygen atoms in total. The maximum absolute atomic E-state index is 11.7. The molecule has 0 unspecified atom stereocenters. The minimum Gasteiger partial charge on any atom is -0.744 e. The third-order valence-corrected chi connectivity index (χ3v) is 11.7. The topological polar surface area (TPSA) is 114 Å². The van der Waals surface area contributed by atoms with E-state index in [1.54, 1.807) is 12.1 Å². The summed E-state index contributed by atoms with van der Waals surface area (Å²) in [5.41, 5.74) is 4.53. The number of aryl methyl sites for hydroxylation is 4. The molecule has 0 fully saturated rings. The predicted octanol–water partition coefficient (Wildman–Crippen LogP) is 11.6. The fraction of sp³-hybridized carbons (Fsp3) is 0.545. The van der Waals surface area contributed by atoms with Crippen LogP contribution in [0, 0.1) is 0 Å². The van der Waals surface area contributed by atoms with E-state index in [9.17, 15) is 25.9 Å². The maximum Gasteiger partial charge on any atom is 2.00 e. The Morgan fingerprint density at radius 1 is 0.434 bits per heavy atom. The molecule has 0 aliphatic rings. The van der Waals surface area contributed by atoms with Gasteiger partial charge in [-0.25, -0.2) is 16.8 Å². The largest absolute Gasteiger partial charge is 2.00 e. The van der Waals surface area contributed by atoms with Crippen LogP contribution < -0.4 is 0 Å². The van der Waals surface area contributed by atoms with Gasteiger partial charge in [-0.2, -0.15) is 0 Å². The van der Waals surface area contributed by atoms with Crippen molar-refractivity contribution in [3.8, 4) is 0 Å². The van der Waals surface area contributed by atoms with E-state index < -0.39 is 20.2 Å². The molecule has 0 spiro atoms. The molecule has 0 aromatic heterocycles. The summed E-state index contributed by atoms with van der Waals surface area (Å²) < 4.78 is 70.5. The van der Waals surface area contributed by atoms with Gasteiger partial charge < -0.3 is 9.11 Å². The van der Waals surface area contributed by atoms with Crippen molar-refractivity contribution in [2.24, 2.45) is 0 Å². The van der Waals surface area contributed by atoms with E-state index in [0.29, 0.717) is 10.8 Å². The van der Waals surface area contributed by atoms with Crippen molar-refractivity contribution in [2.75, 3.05) is 0 Å². The zero-order chi connectivity index (χ0) is 38.0. The van der Waals surface area contributed by atoms with E-state index in [4.69, 9.17) is 0 Å². The number of unbranched alkanes of at least 4 members (excludes halogenated alkanes) is 12. The van der Waals surface area contributed by atoms with Crippen molar-refractivity contribution < 1.29 is 25.9 Å². The number of fused-ring (bicyclic) bond motifs is 2. The van der Waals surface area contributed by atoms with E-state index in [2.05, 4.69) is 52.0 Å². The third-order valence-electron chi connectivity index (χ3n) is 9.94. The summed E-state index contributed by atoms with van der Waals surface area (Å²) in [6, 6.07) is 18.5. The van der Waals surface area contributed by atoms with Gasteiger partial charge in [0.15, 0.2) is 0 Å². The van der Waals surface area contributed by atoms with Crippen molar-refractivity contribution in [3.63, 3.8) is 0 Å². The average molecular weight is 791 g/mol. The summed E-state index contributed by atoms with van der Waals surface area (Å²) in [6.45, 7) is 8.76. The molecule has 0 saturated carbocycles. The van der Waals surface area contributed by atoms with E-state index >= 15 is 0 Å². The Labute approximate surface area is 351 Å². The van der Waals surface area contributed by atoms with Gasteiger partial charge in [-0.3, -0.25) is 0 Å². The molecule has 0 aliphatic heterocycles. The van der Waals surface area contributed by atoms with Crippen LogP contribution in [0.25, 0.3) is 21.5 Å². The maximum atomic E-state index is 11.7. The molecule has 0 atom stereocenters. The van der Waals surface area contributed by atoms with Crippen molar-refractivity contribution in [1.29, 1.82) is 0 Å². The van der Waals surface area contributed by atoms with Gasteiger partial charge in [0, 0.05) is 10.8 Å². The molecule has 4 rings (SSSR count). The van der Waals surface area contributed by atoms with Crippen LogP contribution in [0.15, 0.2) is 70.5 Å². The molecule has 4 aromatic carbocycles. The van der Waals surface area contributed by atoms with Crippen LogP contribution in [0.4, 0.5) is 0 Å². The standard InChI is InChI=1S/2C22H32O3S.Ca/c2*1-3-5-7-9-12-18-16-19(13-10-8-6-4-2)22-20(17-18)14-11-15-21(22)26(23,24)25;/h2*11,14-17H,3-10,12-13H2,1-2H3,(H,23,24,25);/q;;+2/p-2. The zero-order valence-corrected chi connectivity index (χ0v) is 36.7. The van der Waals surface area contributed by atoms with Crippen molar-refractivity contribution in [2.45, 2.75) is 166 Å². The molecule has 0 N–H and O–H groups in total. The Morgan fingerprint density at radius 2 is 0.755 bits per heavy atom. The van der Waals surface area contributed by atoms with Crippen LogP contribution in [0.1, 0.15) is 153 Å². The molecule has 0 aliphatic carbocycles. The predicted molar refractivity (Wildman–Crippen MR) is 221 cm³/mol. The summed E-state index contributed by atoms with van der Waals surface area (Å²) in [5, 5.41) is 3.02. The first kappa shape index (κ1) is 47.6. The first-order chi connectivity index (χ1) is 24.9. The molecule has 0 radical (unpaired) electrons. The van der Waals surface area contributed by atoms with Gasteiger partial charge in [0.1, 0.15) is 20.2 Å². The minimum atomic E-state index is -4.47. The van der Waals surface area contributed by atoms with Gasteiger partial charge in [-0.1, -0.05) is 153 Å². The van der Waals surface area contributed by atoms with Crippen LogP contribution >= 0.6 is 0 Å². The average Bonchev–Trinajstić information content (AvgIpc) is 3.11. The number of hydrogen-bond donors (Lipinski definition) is 0. The van der Waals surface area contributed by atoms with Crippen LogP contribution in [0.3, 0.4) is 0 Å². The Balaban J connectivity index is 0.000000360. The molecule has 0 amide bonds. The van der Waals surface area contributed by atoms with Crippen molar-refractivity contribution in [3.05, 3.63) is 82.9 Å². The smallest absolute Gasteiger partial charge is 0.744 e. The van der Waals surface area contributed by atoms with Gasteiger partial charge in [0.05, 0.1) is 9.79 Å². The molecular weight excluding hydrogens is 729 g/mol. The Hall–Kier alpha value is -1.52. The Morgan fingerprint density at radius 3 is 1.06 bits per heavy atom. The summed E-state index contributed by atoms with van der Waals surface area (Å²) in [7, 11) is -8.95. The first-order valence-corrected chi connectivity index (χ1v) is 22.8. The molecule has 0 bridgehead atoms. The minimum absolute atomic E-state index is 0.